The lowest BCUT2D eigenvalue weighted by Gasteiger charge is -2.22. The van der Waals surface area contributed by atoms with E-state index >= 15 is 0 Å². The van der Waals surface area contributed by atoms with Crippen molar-refractivity contribution in [2.45, 2.75) is 18.8 Å². The summed E-state index contributed by atoms with van der Waals surface area (Å²) >= 11 is 0. The molecule has 0 aliphatic carbocycles. The Morgan fingerprint density at radius 1 is 1.24 bits per heavy atom. The second-order valence-electron chi connectivity index (χ2n) is 4.41. The van der Waals surface area contributed by atoms with Gasteiger partial charge >= 0.3 is 0 Å². The maximum absolute atomic E-state index is 11.9. The molecule has 4 nitrogen and oxygen atoms in total. The van der Waals surface area contributed by atoms with Gasteiger partial charge in [0.1, 0.15) is 0 Å². The van der Waals surface area contributed by atoms with Crippen molar-refractivity contribution < 1.29 is 14.3 Å². The van der Waals surface area contributed by atoms with Gasteiger partial charge in [0.25, 0.3) is 0 Å². The first-order chi connectivity index (χ1) is 8.11. The van der Waals surface area contributed by atoms with Gasteiger partial charge < -0.3 is 14.8 Å². The van der Waals surface area contributed by atoms with Crippen LogP contribution in [0.5, 0.6) is 11.5 Å². The van der Waals surface area contributed by atoms with Gasteiger partial charge in [-0.2, -0.15) is 0 Å². The Hall–Kier alpha value is -1.71. The van der Waals surface area contributed by atoms with Crippen LogP contribution < -0.4 is 14.8 Å². The molecule has 0 bridgehead atoms. The SMILES string of the molecule is COc1ccc(C2(C)CCNC2=O)cc1OC. The van der Waals surface area contributed by atoms with Crippen LogP contribution in [-0.4, -0.2) is 26.7 Å². The predicted octanol–water partition coefficient (Wildman–Crippen LogP) is 1.48. The summed E-state index contributed by atoms with van der Waals surface area (Å²) in [5.74, 6) is 1.41. The van der Waals surface area contributed by atoms with E-state index in [1.165, 1.54) is 0 Å². The van der Waals surface area contributed by atoms with Crippen LogP contribution in [0.3, 0.4) is 0 Å². The Bertz CT molecular complexity index is 444. The standard InChI is InChI=1S/C13H17NO3/c1-13(6-7-14-12(13)15)9-4-5-10(16-2)11(8-9)17-3/h4-5,8H,6-7H2,1-3H3,(H,14,15). The molecule has 2 rings (SSSR count). The van der Waals surface area contributed by atoms with Gasteiger partial charge in [-0.05, 0) is 31.0 Å². The van der Waals surface area contributed by atoms with Crippen molar-refractivity contribution in [3.8, 4) is 11.5 Å². The lowest BCUT2D eigenvalue weighted by atomic mass is 9.81. The third-order valence-corrected chi connectivity index (χ3v) is 3.43. The van der Waals surface area contributed by atoms with Crippen molar-refractivity contribution in [1.29, 1.82) is 0 Å². The molecule has 1 atom stereocenters. The second kappa shape index (κ2) is 4.28. The van der Waals surface area contributed by atoms with Crippen LogP contribution in [0.25, 0.3) is 0 Å². The average Bonchev–Trinajstić information content (AvgIpc) is 2.70. The molecule has 1 heterocycles. The third-order valence-electron chi connectivity index (χ3n) is 3.43. The Morgan fingerprint density at radius 2 is 1.94 bits per heavy atom. The molecule has 1 aliphatic rings. The molecule has 1 amide bonds. The molecule has 1 N–H and O–H groups in total. The molecule has 4 heteroatoms. The van der Waals surface area contributed by atoms with Crippen molar-refractivity contribution in [3.63, 3.8) is 0 Å². The maximum Gasteiger partial charge on any atom is 0.230 e. The first-order valence-corrected chi connectivity index (χ1v) is 5.62. The number of nitrogens with one attached hydrogen (secondary N) is 1. The molecule has 0 saturated carbocycles. The van der Waals surface area contributed by atoms with E-state index in [2.05, 4.69) is 5.32 Å². The van der Waals surface area contributed by atoms with Crippen LogP contribution >= 0.6 is 0 Å². The van der Waals surface area contributed by atoms with Crippen LogP contribution in [0, 0.1) is 0 Å². The Labute approximate surface area is 101 Å². The number of rotatable bonds is 3. The fraction of sp³-hybridized carbons (Fsp3) is 0.462. The number of benzene rings is 1. The summed E-state index contributed by atoms with van der Waals surface area (Å²) in [7, 11) is 3.19. The number of amides is 1. The van der Waals surface area contributed by atoms with Crippen molar-refractivity contribution in [2.24, 2.45) is 0 Å². The number of hydrogen-bond donors (Lipinski definition) is 1. The molecule has 1 aromatic carbocycles. The fourth-order valence-corrected chi connectivity index (χ4v) is 2.19. The minimum Gasteiger partial charge on any atom is -0.493 e. The van der Waals surface area contributed by atoms with E-state index in [1.54, 1.807) is 14.2 Å². The summed E-state index contributed by atoms with van der Waals surface area (Å²) in [5.41, 5.74) is 0.504. The van der Waals surface area contributed by atoms with Crippen molar-refractivity contribution in [3.05, 3.63) is 23.8 Å². The van der Waals surface area contributed by atoms with E-state index in [-0.39, 0.29) is 5.91 Å². The molecule has 1 unspecified atom stereocenters. The zero-order valence-corrected chi connectivity index (χ0v) is 10.4. The molecule has 0 spiro atoms. The molecule has 0 aromatic heterocycles. The highest BCUT2D eigenvalue weighted by Crippen LogP contribution is 2.36. The fourth-order valence-electron chi connectivity index (χ4n) is 2.19. The monoisotopic (exact) mass is 235 g/mol. The molecule has 1 fully saturated rings. The van der Waals surface area contributed by atoms with Gasteiger partial charge in [-0.1, -0.05) is 6.07 Å². The van der Waals surface area contributed by atoms with Gasteiger partial charge in [0.05, 0.1) is 19.6 Å². The highest BCUT2D eigenvalue weighted by atomic mass is 16.5. The van der Waals surface area contributed by atoms with Gasteiger partial charge in [-0.15, -0.1) is 0 Å². The Kier molecular flexibility index (Phi) is 2.96. The van der Waals surface area contributed by atoms with E-state index in [1.807, 2.05) is 25.1 Å². The summed E-state index contributed by atoms with van der Waals surface area (Å²) in [4.78, 5) is 11.9. The molecule has 17 heavy (non-hydrogen) atoms. The van der Waals surface area contributed by atoms with E-state index in [4.69, 9.17) is 9.47 Å². The average molecular weight is 235 g/mol. The summed E-state index contributed by atoms with van der Waals surface area (Å²) in [6.07, 6.45) is 0.807. The lowest BCUT2D eigenvalue weighted by molar-refractivity contribution is -0.123. The topological polar surface area (TPSA) is 47.6 Å². The summed E-state index contributed by atoms with van der Waals surface area (Å²) in [6, 6.07) is 5.64. The van der Waals surface area contributed by atoms with Crippen molar-refractivity contribution >= 4 is 5.91 Å². The Balaban J connectivity index is 2.43. The van der Waals surface area contributed by atoms with Gasteiger partial charge in [0.2, 0.25) is 5.91 Å². The smallest absolute Gasteiger partial charge is 0.230 e. The van der Waals surface area contributed by atoms with Gasteiger partial charge in [-0.3, -0.25) is 4.79 Å². The molecule has 1 saturated heterocycles. The molecule has 92 valence electrons. The van der Waals surface area contributed by atoms with Crippen LogP contribution in [0.15, 0.2) is 18.2 Å². The molecular formula is C13H17NO3. The largest absolute Gasteiger partial charge is 0.493 e. The molecule has 1 aromatic rings. The van der Waals surface area contributed by atoms with Gasteiger partial charge in [-0.25, -0.2) is 0 Å². The normalized spacial score (nSPS) is 23.4. The van der Waals surface area contributed by atoms with Gasteiger partial charge in [0.15, 0.2) is 11.5 Å². The molecular weight excluding hydrogens is 218 g/mol. The highest BCUT2D eigenvalue weighted by molar-refractivity contribution is 5.90. The summed E-state index contributed by atoms with van der Waals surface area (Å²) in [5, 5.41) is 2.86. The van der Waals surface area contributed by atoms with Crippen LogP contribution in [0.4, 0.5) is 0 Å². The van der Waals surface area contributed by atoms with E-state index in [0.717, 1.165) is 18.5 Å². The first kappa shape index (κ1) is 11.8. The minimum absolute atomic E-state index is 0.0738. The zero-order valence-electron chi connectivity index (χ0n) is 10.4. The number of ether oxygens (including phenoxy) is 2. The summed E-state index contributed by atoms with van der Waals surface area (Å²) < 4.78 is 10.4. The number of hydrogen-bond acceptors (Lipinski definition) is 3. The maximum atomic E-state index is 11.9. The van der Waals surface area contributed by atoms with Crippen molar-refractivity contribution in [2.75, 3.05) is 20.8 Å². The predicted molar refractivity (Wildman–Crippen MR) is 64.5 cm³/mol. The van der Waals surface area contributed by atoms with E-state index in [9.17, 15) is 4.79 Å². The van der Waals surface area contributed by atoms with Crippen LogP contribution in [-0.2, 0) is 10.2 Å². The van der Waals surface area contributed by atoms with Crippen LogP contribution in [0.1, 0.15) is 18.9 Å². The summed E-state index contributed by atoms with van der Waals surface area (Å²) in [6.45, 7) is 2.68. The third kappa shape index (κ3) is 1.84. The molecule has 1 aliphatic heterocycles. The highest BCUT2D eigenvalue weighted by Gasteiger charge is 2.39. The van der Waals surface area contributed by atoms with Crippen LogP contribution in [0.2, 0.25) is 0 Å². The number of carbonyl (C=O) groups is 1. The Morgan fingerprint density at radius 3 is 2.47 bits per heavy atom. The number of methoxy groups -OCH3 is 2. The van der Waals surface area contributed by atoms with E-state index < -0.39 is 5.41 Å². The number of carbonyl (C=O) groups excluding carboxylic acids is 1. The molecule has 0 radical (unpaired) electrons. The zero-order chi connectivity index (χ0) is 12.5. The van der Waals surface area contributed by atoms with Gasteiger partial charge in [0, 0.05) is 6.54 Å². The second-order valence-corrected chi connectivity index (χ2v) is 4.41. The van der Waals surface area contributed by atoms with E-state index in [0.29, 0.717) is 11.5 Å². The first-order valence-electron chi connectivity index (χ1n) is 5.62. The van der Waals surface area contributed by atoms with Crippen molar-refractivity contribution in [1.82, 2.24) is 5.32 Å². The quantitative estimate of drug-likeness (QED) is 0.863. The minimum atomic E-state index is -0.459. The lowest BCUT2D eigenvalue weighted by Crippen LogP contribution is -2.32.